The van der Waals surface area contributed by atoms with E-state index < -0.39 is 0 Å². The van der Waals surface area contributed by atoms with Crippen molar-refractivity contribution in [3.05, 3.63) is 51.6 Å². The third-order valence-corrected chi connectivity index (χ3v) is 6.37. The summed E-state index contributed by atoms with van der Waals surface area (Å²) < 4.78 is 17.8. The Bertz CT molecular complexity index is 947. The molecule has 1 saturated heterocycles. The Morgan fingerprint density at radius 3 is 2.50 bits per heavy atom. The highest BCUT2D eigenvalue weighted by Crippen LogP contribution is 2.35. The minimum Gasteiger partial charge on any atom is -0.370 e. The van der Waals surface area contributed by atoms with E-state index in [9.17, 15) is 4.39 Å². The summed E-state index contributed by atoms with van der Waals surface area (Å²) in [6, 6.07) is 6.95. The lowest BCUT2D eigenvalue weighted by Gasteiger charge is -2.39. The van der Waals surface area contributed by atoms with Crippen molar-refractivity contribution >= 4 is 17.9 Å². The van der Waals surface area contributed by atoms with Gasteiger partial charge in [0.05, 0.1) is 11.7 Å². The summed E-state index contributed by atoms with van der Waals surface area (Å²) >= 11 is 5.63. The van der Waals surface area contributed by atoms with Crippen LogP contribution in [0.3, 0.4) is 0 Å². The molecule has 2 heterocycles. The van der Waals surface area contributed by atoms with Crippen molar-refractivity contribution in [1.29, 1.82) is 5.41 Å². The van der Waals surface area contributed by atoms with Crippen LogP contribution in [0.5, 0.6) is 0 Å². The number of hydrogen-bond acceptors (Lipinski definition) is 4. The highest BCUT2D eigenvalue weighted by molar-refractivity contribution is 7.71. The zero-order valence-electron chi connectivity index (χ0n) is 17.2. The fourth-order valence-electron chi connectivity index (χ4n) is 4.09. The molecular weight excluding hydrogens is 373 g/mol. The summed E-state index contributed by atoms with van der Waals surface area (Å²) in [6.45, 7) is 4.67. The van der Waals surface area contributed by atoms with Crippen molar-refractivity contribution in [2.45, 2.75) is 38.8 Å². The molecule has 1 aliphatic rings. The fourth-order valence-corrected chi connectivity index (χ4v) is 4.28. The maximum Gasteiger partial charge on any atom is 0.181 e. The Morgan fingerprint density at radius 2 is 1.86 bits per heavy atom. The Hall–Kier alpha value is -1.99. The molecule has 7 heteroatoms. The molecule has 3 rings (SSSR count). The minimum atomic E-state index is -0.206. The Labute approximate surface area is 171 Å². The van der Waals surface area contributed by atoms with E-state index in [-0.39, 0.29) is 11.9 Å². The zero-order valence-corrected chi connectivity index (χ0v) is 18.0. The van der Waals surface area contributed by atoms with Gasteiger partial charge in [-0.25, -0.2) is 4.39 Å². The maximum atomic E-state index is 13.3. The third kappa shape index (κ3) is 3.91. The van der Waals surface area contributed by atoms with Crippen LogP contribution in [0.4, 0.5) is 10.1 Å². The molecule has 0 radical (unpaired) electrons. The molecule has 1 atom stereocenters. The van der Waals surface area contributed by atoms with E-state index in [2.05, 4.69) is 21.3 Å². The van der Waals surface area contributed by atoms with E-state index in [0.717, 1.165) is 55.8 Å². The number of nitrogens with one attached hydrogen (secondary N) is 1. The summed E-state index contributed by atoms with van der Waals surface area (Å²) in [5, 5.41) is 8.72. The number of likely N-dealkylation sites (tertiary alicyclic amines) is 1. The van der Waals surface area contributed by atoms with Crippen LogP contribution in [-0.2, 0) is 20.6 Å². The average molecular weight is 404 g/mol. The quantitative estimate of drug-likeness (QED) is 0.770. The Kier molecular flexibility index (Phi) is 6.35. The maximum absolute atomic E-state index is 13.3. The van der Waals surface area contributed by atoms with Gasteiger partial charge in [0.1, 0.15) is 11.5 Å². The van der Waals surface area contributed by atoms with Crippen molar-refractivity contribution in [2.75, 3.05) is 25.0 Å². The molecule has 2 aromatic rings. The van der Waals surface area contributed by atoms with Gasteiger partial charge in [-0.05, 0) is 56.2 Å². The highest BCUT2D eigenvalue weighted by atomic mass is 32.1. The predicted octanol–water partition coefficient (Wildman–Crippen LogP) is 3.89. The Morgan fingerprint density at radius 1 is 1.18 bits per heavy atom. The molecule has 28 heavy (non-hydrogen) atoms. The molecule has 1 aromatic carbocycles. The van der Waals surface area contributed by atoms with Gasteiger partial charge in [-0.1, -0.05) is 18.6 Å². The normalized spacial score (nSPS) is 17.7. The number of halogens is 1. The lowest BCUT2D eigenvalue weighted by molar-refractivity contribution is 0.134. The van der Waals surface area contributed by atoms with E-state index >= 15 is 0 Å². The number of anilines is 1. The van der Waals surface area contributed by atoms with Crippen LogP contribution in [0.15, 0.2) is 24.3 Å². The van der Waals surface area contributed by atoms with Crippen molar-refractivity contribution in [3.8, 4) is 0 Å². The SMILES string of the molecule is CCN(C)c1c(C2CCCCN2Cc2ccc(F)cc2)n(C)c(=S)n(C)c1=N. The lowest BCUT2D eigenvalue weighted by Crippen LogP contribution is -2.40. The number of hydrogen-bond donors (Lipinski definition) is 1. The molecule has 1 unspecified atom stereocenters. The molecule has 0 saturated carbocycles. The minimum absolute atomic E-state index is 0.180. The molecule has 1 aromatic heterocycles. The van der Waals surface area contributed by atoms with Crippen LogP contribution in [0.25, 0.3) is 0 Å². The highest BCUT2D eigenvalue weighted by Gasteiger charge is 2.30. The van der Waals surface area contributed by atoms with Crippen LogP contribution in [0.2, 0.25) is 0 Å². The van der Waals surface area contributed by atoms with E-state index in [1.54, 1.807) is 4.57 Å². The standard InChI is InChI=1S/C21H30FN5S/c1-5-24(2)19-18(25(3)21(28)26(4)20(19)23)17-8-6-7-13-27(17)14-15-9-11-16(22)12-10-15/h9-12,17,23H,5-8,13-14H2,1-4H3. The molecule has 152 valence electrons. The van der Waals surface area contributed by atoms with Gasteiger partial charge in [-0.3, -0.25) is 10.3 Å². The molecule has 1 fully saturated rings. The van der Waals surface area contributed by atoms with Crippen molar-refractivity contribution in [2.24, 2.45) is 14.1 Å². The van der Waals surface area contributed by atoms with Crippen LogP contribution < -0.4 is 10.4 Å². The summed E-state index contributed by atoms with van der Waals surface area (Å²) in [4.78, 5) is 4.59. The van der Waals surface area contributed by atoms with Gasteiger partial charge in [0.25, 0.3) is 0 Å². The second-order valence-corrected chi connectivity index (χ2v) is 7.97. The first-order valence-corrected chi connectivity index (χ1v) is 10.3. The van der Waals surface area contributed by atoms with Gasteiger partial charge in [0.15, 0.2) is 10.3 Å². The largest absolute Gasteiger partial charge is 0.370 e. The molecule has 5 nitrogen and oxygen atoms in total. The molecule has 1 aliphatic heterocycles. The first-order valence-electron chi connectivity index (χ1n) is 9.89. The molecule has 0 bridgehead atoms. The Balaban J connectivity index is 2.09. The van der Waals surface area contributed by atoms with Gasteiger partial charge in [-0.15, -0.1) is 0 Å². The fraction of sp³-hybridized carbons (Fsp3) is 0.524. The van der Waals surface area contributed by atoms with Gasteiger partial charge in [-0.2, -0.15) is 0 Å². The number of benzene rings is 1. The van der Waals surface area contributed by atoms with E-state index in [1.165, 1.54) is 12.1 Å². The molecular formula is C21H30FN5S. The van der Waals surface area contributed by atoms with Gasteiger partial charge < -0.3 is 14.0 Å². The summed E-state index contributed by atoms with van der Waals surface area (Å²) in [5.41, 5.74) is 3.61. The first kappa shape index (κ1) is 20.7. The van der Waals surface area contributed by atoms with Crippen molar-refractivity contribution in [1.82, 2.24) is 14.0 Å². The van der Waals surface area contributed by atoms with Crippen molar-refractivity contribution < 1.29 is 4.39 Å². The second-order valence-electron chi connectivity index (χ2n) is 7.61. The predicted molar refractivity (Wildman–Crippen MR) is 113 cm³/mol. The molecule has 1 N–H and O–H groups in total. The first-order chi connectivity index (χ1) is 13.3. The average Bonchev–Trinajstić information content (AvgIpc) is 2.70. The zero-order chi connectivity index (χ0) is 20.4. The third-order valence-electron chi connectivity index (χ3n) is 5.82. The lowest BCUT2D eigenvalue weighted by atomic mass is 9.96. The smallest absolute Gasteiger partial charge is 0.181 e. The van der Waals surface area contributed by atoms with Crippen molar-refractivity contribution in [3.63, 3.8) is 0 Å². The number of nitrogens with zero attached hydrogens (tertiary/aromatic N) is 4. The van der Waals surface area contributed by atoms with Crippen LogP contribution in [-0.4, -0.2) is 34.2 Å². The van der Waals surface area contributed by atoms with Gasteiger partial charge in [0.2, 0.25) is 0 Å². The topological polar surface area (TPSA) is 40.2 Å². The summed E-state index contributed by atoms with van der Waals surface area (Å²) in [5.74, 6) is -0.206. The van der Waals surface area contributed by atoms with Crippen LogP contribution >= 0.6 is 12.2 Å². The summed E-state index contributed by atoms with van der Waals surface area (Å²) in [6.07, 6.45) is 3.33. The van der Waals surface area contributed by atoms with Gasteiger partial charge in [0, 0.05) is 34.2 Å². The molecule has 0 amide bonds. The summed E-state index contributed by atoms with van der Waals surface area (Å²) in [7, 11) is 5.90. The monoisotopic (exact) mass is 403 g/mol. The number of rotatable bonds is 5. The second kappa shape index (κ2) is 8.57. The van der Waals surface area contributed by atoms with E-state index in [4.69, 9.17) is 17.6 Å². The van der Waals surface area contributed by atoms with E-state index in [0.29, 0.717) is 10.3 Å². The van der Waals surface area contributed by atoms with Crippen LogP contribution in [0, 0.1) is 16.0 Å². The van der Waals surface area contributed by atoms with E-state index in [1.807, 2.05) is 33.3 Å². The molecule has 0 spiro atoms. The van der Waals surface area contributed by atoms with Crippen LogP contribution in [0.1, 0.15) is 43.5 Å². The number of aromatic nitrogens is 2. The van der Waals surface area contributed by atoms with Gasteiger partial charge >= 0.3 is 0 Å². The number of piperidine rings is 1. The molecule has 0 aliphatic carbocycles.